The maximum atomic E-state index is 12.4. The van der Waals surface area contributed by atoms with Gasteiger partial charge in [0.05, 0.1) is 4.90 Å². The molecule has 0 aliphatic carbocycles. The van der Waals surface area contributed by atoms with Gasteiger partial charge in [0, 0.05) is 12.1 Å². The van der Waals surface area contributed by atoms with Crippen LogP contribution in [0.25, 0.3) is 0 Å². The molecule has 1 aromatic rings. The molecule has 1 atom stereocenters. The summed E-state index contributed by atoms with van der Waals surface area (Å²) in [5, 5.41) is 11.8. The lowest BCUT2D eigenvalue weighted by molar-refractivity contribution is -0.139. The topological polar surface area (TPSA) is 113 Å². The van der Waals surface area contributed by atoms with Crippen LogP contribution >= 0.6 is 0 Å². The highest BCUT2D eigenvalue weighted by atomic mass is 32.2. The number of carboxylic acid groups (broad SMARTS) is 1. The first-order valence-corrected chi connectivity index (χ1v) is 8.99. The number of hydrogen-bond donors (Lipinski definition) is 3. The Hall–Kier alpha value is -1.93. The van der Waals surface area contributed by atoms with E-state index in [2.05, 4.69) is 10.0 Å². The second-order valence-corrected chi connectivity index (χ2v) is 7.19. The zero-order valence-corrected chi connectivity index (χ0v) is 13.6. The number of rotatable bonds is 7. The smallest absolute Gasteiger partial charge is 0.321 e. The summed E-state index contributed by atoms with van der Waals surface area (Å²) < 4.78 is 27.0. The molecule has 1 unspecified atom stereocenters. The molecule has 0 radical (unpaired) electrons. The number of hydrogen-bond acceptors (Lipinski definition) is 4. The summed E-state index contributed by atoms with van der Waals surface area (Å²) >= 11 is 0. The molecule has 8 heteroatoms. The largest absolute Gasteiger partial charge is 0.480 e. The third-order valence-electron chi connectivity index (χ3n) is 3.76. The number of sulfonamides is 1. The van der Waals surface area contributed by atoms with Gasteiger partial charge in [0.15, 0.2) is 0 Å². The summed E-state index contributed by atoms with van der Waals surface area (Å²) in [6, 6.07) is 3.12. The summed E-state index contributed by atoms with van der Waals surface area (Å²) in [7, 11) is -4.00. The molecular weight excluding hydrogens is 320 g/mol. The van der Waals surface area contributed by atoms with Gasteiger partial charge < -0.3 is 10.4 Å². The quantitative estimate of drug-likeness (QED) is 0.682. The van der Waals surface area contributed by atoms with Gasteiger partial charge in [-0.25, -0.2) is 8.42 Å². The van der Waals surface area contributed by atoms with Gasteiger partial charge in [0.2, 0.25) is 10.0 Å². The van der Waals surface area contributed by atoms with E-state index in [1.54, 1.807) is 6.07 Å². The lowest BCUT2D eigenvalue weighted by Crippen LogP contribution is -2.41. The van der Waals surface area contributed by atoms with Gasteiger partial charge in [0.25, 0.3) is 5.91 Å². The maximum Gasteiger partial charge on any atom is 0.321 e. The van der Waals surface area contributed by atoms with E-state index in [9.17, 15) is 18.0 Å². The van der Waals surface area contributed by atoms with Crippen LogP contribution < -0.4 is 10.0 Å². The molecule has 0 fully saturated rings. The van der Waals surface area contributed by atoms with Crippen LogP contribution in [0.1, 0.15) is 42.1 Å². The van der Waals surface area contributed by atoms with Crippen LogP contribution in [-0.2, 0) is 21.2 Å². The van der Waals surface area contributed by atoms with Gasteiger partial charge in [0.1, 0.15) is 6.04 Å². The molecule has 1 aromatic carbocycles. The van der Waals surface area contributed by atoms with Crippen LogP contribution in [0.4, 0.5) is 0 Å². The average molecular weight is 340 g/mol. The Labute approximate surface area is 135 Å². The molecular formula is C15H20N2O5S. The van der Waals surface area contributed by atoms with Crippen molar-refractivity contribution in [2.45, 2.75) is 43.5 Å². The fraction of sp³-hybridized carbons (Fsp3) is 0.467. The van der Waals surface area contributed by atoms with Gasteiger partial charge in [-0.15, -0.1) is 0 Å². The summed E-state index contributed by atoms with van der Waals surface area (Å²) in [4.78, 5) is 22.9. The van der Waals surface area contributed by atoms with E-state index >= 15 is 0 Å². The molecule has 1 aliphatic rings. The van der Waals surface area contributed by atoms with Gasteiger partial charge in [-0.1, -0.05) is 25.8 Å². The van der Waals surface area contributed by atoms with Crippen LogP contribution in [0.15, 0.2) is 23.1 Å². The highest BCUT2D eigenvalue weighted by molar-refractivity contribution is 7.89. The Balaban J connectivity index is 2.27. The van der Waals surface area contributed by atoms with Crippen molar-refractivity contribution < 1.29 is 23.1 Å². The van der Waals surface area contributed by atoms with E-state index in [1.807, 2.05) is 6.92 Å². The summed E-state index contributed by atoms with van der Waals surface area (Å²) in [5.41, 5.74) is 1.10. The number of nitrogens with one attached hydrogen (secondary N) is 2. The molecule has 1 aliphatic heterocycles. The lowest BCUT2D eigenvalue weighted by atomic mass is 10.0. The standard InChI is InChI=1S/C15H20N2O5S/c1-2-3-4-13(15(19)20)17-23(21,22)11-6-5-10-7-8-16-14(18)12(10)9-11/h5-6,9,13,17H,2-4,7-8H2,1H3,(H,16,18)(H,19,20). The van der Waals surface area contributed by atoms with Crippen molar-refractivity contribution in [1.82, 2.24) is 10.0 Å². The zero-order chi connectivity index (χ0) is 17.0. The van der Waals surface area contributed by atoms with Crippen molar-refractivity contribution in [2.75, 3.05) is 6.54 Å². The number of unbranched alkanes of at least 4 members (excludes halogenated alkanes) is 1. The van der Waals surface area contributed by atoms with Gasteiger partial charge in [-0.2, -0.15) is 4.72 Å². The Morgan fingerprint density at radius 2 is 2.17 bits per heavy atom. The Bertz CT molecular complexity index is 715. The van der Waals surface area contributed by atoms with Crippen LogP contribution in [0.3, 0.4) is 0 Å². The van der Waals surface area contributed by atoms with E-state index in [0.29, 0.717) is 24.9 Å². The molecule has 7 nitrogen and oxygen atoms in total. The molecule has 3 N–H and O–H groups in total. The molecule has 126 valence electrons. The van der Waals surface area contributed by atoms with E-state index < -0.39 is 22.0 Å². The minimum atomic E-state index is -4.00. The third kappa shape index (κ3) is 4.08. The second kappa shape index (κ2) is 7.10. The van der Waals surface area contributed by atoms with Crippen molar-refractivity contribution in [2.24, 2.45) is 0 Å². The van der Waals surface area contributed by atoms with Crippen LogP contribution in [0.2, 0.25) is 0 Å². The zero-order valence-electron chi connectivity index (χ0n) is 12.8. The van der Waals surface area contributed by atoms with Crippen LogP contribution in [0, 0.1) is 0 Å². The molecule has 1 heterocycles. The number of benzene rings is 1. The van der Waals surface area contributed by atoms with Crippen LogP contribution in [-0.4, -0.2) is 38.0 Å². The summed E-state index contributed by atoms with van der Waals surface area (Å²) in [5.74, 6) is -1.53. The molecule has 0 saturated carbocycles. The minimum Gasteiger partial charge on any atom is -0.480 e. The number of carbonyl (C=O) groups is 2. The highest BCUT2D eigenvalue weighted by Crippen LogP contribution is 2.19. The van der Waals surface area contributed by atoms with E-state index in [0.717, 1.165) is 12.0 Å². The number of fused-ring (bicyclic) bond motifs is 1. The average Bonchev–Trinajstić information content (AvgIpc) is 2.51. The molecule has 23 heavy (non-hydrogen) atoms. The molecule has 2 rings (SSSR count). The lowest BCUT2D eigenvalue weighted by Gasteiger charge is -2.18. The summed E-state index contributed by atoms with van der Waals surface area (Å²) in [6.45, 7) is 2.42. The van der Waals surface area contributed by atoms with E-state index in [-0.39, 0.29) is 17.2 Å². The fourth-order valence-electron chi connectivity index (χ4n) is 2.45. The van der Waals surface area contributed by atoms with Crippen molar-refractivity contribution in [3.63, 3.8) is 0 Å². The Morgan fingerprint density at radius 3 is 2.83 bits per heavy atom. The van der Waals surface area contributed by atoms with Crippen molar-refractivity contribution in [3.05, 3.63) is 29.3 Å². The number of carbonyl (C=O) groups excluding carboxylic acids is 1. The van der Waals surface area contributed by atoms with Gasteiger partial charge >= 0.3 is 5.97 Å². The summed E-state index contributed by atoms with van der Waals surface area (Å²) in [6.07, 6.45) is 2.23. The van der Waals surface area contributed by atoms with Crippen LogP contribution in [0.5, 0.6) is 0 Å². The van der Waals surface area contributed by atoms with Gasteiger partial charge in [-0.3, -0.25) is 9.59 Å². The van der Waals surface area contributed by atoms with Crippen molar-refractivity contribution in [3.8, 4) is 0 Å². The second-order valence-electron chi connectivity index (χ2n) is 5.48. The van der Waals surface area contributed by atoms with E-state index in [1.165, 1.54) is 12.1 Å². The monoisotopic (exact) mass is 340 g/mol. The predicted molar refractivity (Wildman–Crippen MR) is 83.7 cm³/mol. The Kier molecular flexibility index (Phi) is 5.38. The first kappa shape index (κ1) is 17.4. The van der Waals surface area contributed by atoms with E-state index in [4.69, 9.17) is 5.11 Å². The third-order valence-corrected chi connectivity index (χ3v) is 5.23. The molecule has 1 amide bonds. The molecule has 0 bridgehead atoms. The highest BCUT2D eigenvalue weighted by Gasteiger charge is 2.26. The van der Waals surface area contributed by atoms with Gasteiger partial charge in [-0.05, 0) is 30.5 Å². The number of carboxylic acids is 1. The number of aliphatic carboxylic acids is 1. The van der Waals surface area contributed by atoms with Crippen molar-refractivity contribution >= 4 is 21.9 Å². The Morgan fingerprint density at radius 1 is 1.43 bits per heavy atom. The molecule has 0 spiro atoms. The number of amides is 1. The maximum absolute atomic E-state index is 12.4. The molecule has 0 saturated heterocycles. The predicted octanol–water partition coefficient (Wildman–Crippen LogP) is 0.894. The molecule has 0 aromatic heterocycles. The first-order valence-electron chi connectivity index (χ1n) is 7.51. The first-order chi connectivity index (χ1) is 10.8. The normalized spacial score (nSPS) is 15.6. The fourth-order valence-corrected chi connectivity index (χ4v) is 3.70. The minimum absolute atomic E-state index is 0.101. The van der Waals surface area contributed by atoms with Crippen molar-refractivity contribution in [1.29, 1.82) is 0 Å². The SMILES string of the molecule is CCCCC(NS(=O)(=O)c1ccc2c(c1)C(=O)NCC2)C(=O)O.